The summed E-state index contributed by atoms with van der Waals surface area (Å²) >= 11 is 0. The molecule has 2 amide bonds. The van der Waals surface area contributed by atoms with Crippen LogP contribution in [0.15, 0.2) is 54.6 Å². The Morgan fingerprint density at radius 2 is 1.72 bits per heavy atom. The second-order valence-corrected chi connectivity index (χ2v) is 10.4. The van der Waals surface area contributed by atoms with Gasteiger partial charge in [0.05, 0.1) is 0 Å². The summed E-state index contributed by atoms with van der Waals surface area (Å²) in [5.41, 5.74) is 2.30. The molecular weight excluding hydrogens is 455 g/mol. The molecule has 2 saturated heterocycles. The molecule has 0 spiro atoms. The third kappa shape index (κ3) is 6.13. The predicted molar refractivity (Wildman–Crippen MR) is 138 cm³/mol. The number of nitrogens with zero attached hydrogens (tertiary/aromatic N) is 3. The lowest BCUT2D eigenvalue weighted by Gasteiger charge is -2.29. The number of halogens is 1. The summed E-state index contributed by atoms with van der Waals surface area (Å²) in [6.45, 7) is 5.21. The van der Waals surface area contributed by atoms with Crippen molar-refractivity contribution in [3.05, 3.63) is 71.5 Å². The van der Waals surface area contributed by atoms with E-state index < -0.39 is 6.04 Å². The molecule has 36 heavy (non-hydrogen) atoms. The maximum absolute atomic E-state index is 13.7. The van der Waals surface area contributed by atoms with Gasteiger partial charge in [-0.1, -0.05) is 42.5 Å². The van der Waals surface area contributed by atoms with Gasteiger partial charge in [0.25, 0.3) is 0 Å². The zero-order valence-corrected chi connectivity index (χ0v) is 20.9. The summed E-state index contributed by atoms with van der Waals surface area (Å²) in [5, 5.41) is 3.37. The van der Waals surface area contributed by atoms with Crippen LogP contribution in [-0.4, -0.2) is 77.9 Å². The second kappa shape index (κ2) is 11.5. The van der Waals surface area contributed by atoms with E-state index in [2.05, 4.69) is 34.5 Å². The first-order valence-corrected chi connectivity index (χ1v) is 13.4. The number of hydrogen-bond donors (Lipinski definition) is 1. The predicted octanol–water partition coefficient (Wildman–Crippen LogP) is 3.07. The lowest BCUT2D eigenvalue weighted by molar-refractivity contribution is -0.144. The van der Waals surface area contributed by atoms with Gasteiger partial charge in [-0.2, -0.15) is 0 Å². The van der Waals surface area contributed by atoms with Crippen molar-refractivity contribution < 1.29 is 14.0 Å². The molecule has 2 aromatic rings. The van der Waals surface area contributed by atoms with Crippen LogP contribution in [0.4, 0.5) is 4.39 Å². The minimum Gasteiger partial charge on any atom is -0.340 e. The molecule has 1 aliphatic carbocycles. The normalized spacial score (nSPS) is 22.6. The van der Waals surface area contributed by atoms with Crippen LogP contribution in [0.5, 0.6) is 0 Å². The van der Waals surface area contributed by atoms with E-state index in [1.165, 1.54) is 17.7 Å². The Labute approximate surface area is 213 Å². The van der Waals surface area contributed by atoms with Crippen LogP contribution in [0.1, 0.15) is 36.8 Å². The fourth-order valence-corrected chi connectivity index (χ4v) is 5.53. The number of hydrogen-bond acceptors (Lipinski definition) is 4. The van der Waals surface area contributed by atoms with Crippen molar-refractivity contribution in [2.75, 3.05) is 39.3 Å². The maximum atomic E-state index is 13.7. The number of likely N-dealkylation sites (tertiary alicyclic amines) is 1. The Morgan fingerprint density at radius 1 is 0.944 bits per heavy atom. The van der Waals surface area contributed by atoms with Crippen LogP contribution in [-0.2, 0) is 22.6 Å². The molecule has 2 aliphatic heterocycles. The fraction of sp³-hybridized carbons (Fsp3) is 0.517. The lowest BCUT2D eigenvalue weighted by atomic mass is 10.1. The molecular formula is C29H37FN4O2. The van der Waals surface area contributed by atoms with Gasteiger partial charge in [-0.3, -0.25) is 14.5 Å². The molecule has 2 atom stereocenters. The molecule has 5 rings (SSSR count). The summed E-state index contributed by atoms with van der Waals surface area (Å²) in [5.74, 6) is 0.0857. The van der Waals surface area contributed by atoms with E-state index in [-0.39, 0.29) is 29.6 Å². The summed E-state index contributed by atoms with van der Waals surface area (Å²) in [4.78, 5) is 33.2. The molecule has 2 aromatic carbocycles. The largest absolute Gasteiger partial charge is 0.340 e. The van der Waals surface area contributed by atoms with E-state index in [1.54, 1.807) is 0 Å². The Bertz CT molecular complexity index is 1020. The van der Waals surface area contributed by atoms with Gasteiger partial charge in [0.2, 0.25) is 11.8 Å². The van der Waals surface area contributed by atoms with Crippen LogP contribution >= 0.6 is 0 Å². The van der Waals surface area contributed by atoms with E-state index in [9.17, 15) is 14.0 Å². The van der Waals surface area contributed by atoms with Gasteiger partial charge >= 0.3 is 0 Å². The standard InChI is InChI=1S/C29H37FN4O2/c30-25-11-7-23(8-12-25)20-33(17-13-22-5-2-1-3-6-22)26-19-27(34(21-26)28(35)24-9-10-24)29(36)32-16-4-14-31-15-18-32/h1-3,5-8,11-12,24,26-27,31H,4,9-10,13-21H2. The van der Waals surface area contributed by atoms with Crippen LogP contribution in [0, 0.1) is 11.7 Å². The summed E-state index contributed by atoms with van der Waals surface area (Å²) in [6.07, 6.45) is 4.33. The Hall–Kier alpha value is -2.77. The number of rotatable bonds is 8. The van der Waals surface area contributed by atoms with Crippen molar-refractivity contribution >= 4 is 11.8 Å². The highest BCUT2D eigenvalue weighted by atomic mass is 19.1. The molecule has 0 radical (unpaired) electrons. The summed E-state index contributed by atoms with van der Waals surface area (Å²) < 4.78 is 13.6. The number of amides is 2. The van der Waals surface area contributed by atoms with Gasteiger partial charge in [0, 0.05) is 51.2 Å². The summed E-state index contributed by atoms with van der Waals surface area (Å²) in [7, 11) is 0. The molecule has 0 bridgehead atoms. The van der Waals surface area contributed by atoms with Crippen molar-refractivity contribution in [3.63, 3.8) is 0 Å². The second-order valence-electron chi connectivity index (χ2n) is 10.4. The van der Waals surface area contributed by atoms with Crippen LogP contribution in [0.2, 0.25) is 0 Å². The molecule has 0 aromatic heterocycles. The molecule has 6 nitrogen and oxygen atoms in total. The Balaban J connectivity index is 1.36. The number of carbonyl (C=O) groups is 2. The van der Waals surface area contributed by atoms with Crippen molar-refractivity contribution in [2.45, 2.75) is 50.7 Å². The average Bonchev–Trinajstić information content (AvgIpc) is 3.71. The van der Waals surface area contributed by atoms with Gasteiger partial charge in [-0.25, -0.2) is 4.39 Å². The van der Waals surface area contributed by atoms with Gasteiger partial charge in [-0.05, 0) is 61.9 Å². The van der Waals surface area contributed by atoms with E-state index in [1.807, 2.05) is 28.0 Å². The smallest absolute Gasteiger partial charge is 0.245 e. The molecule has 7 heteroatoms. The molecule has 1 saturated carbocycles. The third-order valence-corrected chi connectivity index (χ3v) is 7.77. The Kier molecular flexibility index (Phi) is 7.97. The lowest BCUT2D eigenvalue weighted by Crippen LogP contribution is -2.49. The third-order valence-electron chi connectivity index (χ3n) is 7.77. The SMILES string of the molecule is O=C(C1CC(N(CCc2ccccc2)Cc2ccc(F)cc2)CN1C(=O)C1CC1)N1CCCNCC1. The highest BCUT2D eigenvalue weighted by Gasteiger charge is 2.46. The average molecular weight is 493 g/mol. The van der Waals surface area contributed by atoms with E-state index in [0.717, 1.165) is 57.4 Å². The fourth-order valence-electron chi connectivity index (χ4n) is 5.53. The highest BCUT2D eigenvalue weighted by molar-refractivity contribution is 5.90. The quantitative estimate of drug-likeness (QED) is 0.616. The van der Waals surface area contributed by atoms with Crippen LogP contribution in [0.3, 0.4) is 0 Å². The van der Waals surface area contributed by atoms with Crippen LogP contribution < -0.4 is 5.32 Å². The van der Waals surface area contributed by atoms with E-state index in [0.29, 0.717) is 26.1 Å². The van der Waals surface area contributed by atoms with Gasteiger partial charge in [-0.15, -0.1) is 0 Å². The van der Waals surface area contributed by atoms with Crippen LogP contribution in [0.25, 0.3) is 0 Å². The first-order valence-electron chi connectivity index (χ1n) is 13.4. The topological polar surface area (TPSA) is 55.9 Å². The summed E-state index contributed by atoms with van der Waals surface area (Å²) in [6, 6.07) is 16.7. The monoisotopic (exact) mass is 492 g/mol. The number of nitrogens with one attached hydrogen (secondary N) is 1. The number of carbonyl (C=O) groups excluding carboxylic acids is 2. The first kappa shape index (κ1) is 24.9. The minimum atomic E-state index is -0.395. The zero-order chi connectivity index (χ0) is 24.9. The van der Waals surface area contributed by atoms with Crippen molar-refractivity contribution in [1.82, 2.24) is 20.0 Å². The van der Waals surface area contributed by atoms with Crippen molar-refractivity contribution in [1.29, 1.82) is 0 Å². The van der Waals surface area contributed by atoms with E-state index >= 15 is 0 Å². The zero-order valence-electron chi connectivity index (χ0n) is 20.9. The van der Waals surface area contributed by atoms with Gasteiger partial charge in [0.15, 0.2) is 0 Å². The first-order chi connectivity index (χ1) is 17.6. The van der Waals surface area contributed by atoms with Crippen molar-refractivity contribution in [3.8, 4) is 0 Å². The maximum Gasteiger partial charge on any atom is 0.245 e. The molecule has 192 valence electrons. The molecule has 3 fully saturated rings. The van der Waals surface area contributed by atoms with Crippen molar-refractivity contribution in [2.24, 2.45) is 5.92 Å². The molecule has 3 aliphatic rings. The van der Waals surface area contributed by atoms with Gasteiger partial charge in [0.1, 0.15) is 11.9 Å². The highest BCUT2D eigenvalue weighted by Crippen LogP contribution is 2.35. The molecule has 1 N–H and O–H groups in total. The molecule has 2 unspecified atom stereocenters. The number of benzene rings is 2. The van der Waals surface area contributed by atoms with Gasteiger partial charge < -0.3 is 15.1 Å². The van der Waals surface area contributed by atoms with E-state index in [4.69, 9.17) is 0 Å². The minimum absolute atomic E-state index is 0.0831. The molecule has 2 heterocycles. The Morgan fingerprint density at radius 3 is 2.47 bits per heavy atom.